The molecule has 2 rings (SSSR count). The van der Waals surface area contributed by atoms with Crippen LogP contribution in [0.15, 0.2) is 30.5 Å². The van der Waals surface area contributed by atoms with Crippen LogP contribution in [0.2, 0.25) is 5.15 Å². The number of hydrogen-bond acceptors (Lipinski definition) is 4. The third kappa shape index (κ3) is 3.48. The largest absolute Gasteiger partial charge is 0.345 e. The molecular formula is C13H13ClN4O. The van der Waals surface area contributed by atoms with Crippen LogP contribution in [0.5, 0.6) is 0 Å². The van der Waals surface area contributed by atoms with Crippen molar-refractivity contribution in [3.63, 3.8) is 0 Å². The molecule has 5 nitrogen and oxygen atoms in total. The van der Waals surface area contributed by atoms with Crippen molar-refractivity contribution in [2.24, 2.45) is 0 Å². The first kappa shape index (κ1) is 13.4. The highest BCUT2D eigenvalue weighted by atomic mass is 35.5. The fourth-order valence-electron chi connectivity index (χ4n) is 1.64. The Bertz CT molecular complexity index is 571. The van der Waals surface area contributed by atoms with Gasteiger partial charge in [-0.2, -0.15) is 0 Å². The lowest BCUT2D eigenvalue weighted by molar-refractivity contribution is 0.0944. The molecule has 1 N–H and O–H groups in total. The molecule has 0 unspecified atom stereocenters. The van der Waals surface area contributed by atoms with Gasteiger partial charge in [0.2, 0.25) is 0 Å². The van der Waals surface area contributed by atoms with Gasteiger partial charge in [-0.3, -0.25) is 9.78 Å². The Labute approximate surface area is 116 Å². The van der Waals surface area contributed by atoms with E-state index in [9.17, 15) is 4.79 Å². The lowest BCUT2D eigenvalue weighted by atomic mass is 10.1. The Morgan fingerprint density at radius 1 is 1.32 bits per heavy atom. The van der Waals surface area contributed by atoms with E-state index < -0.39 is 0 Å². The number of carbonyl (C=O) groups excluding carboxylic acids is 1. The summed E-state index contributed by atoms with van der Waals surface area (Å²) < 4.78 is 0. The van der Waals surface area contributed by atoms with Crippen LogP contribution < -0.4 is 5.32 Å². The minimum absolute atomic E-state index is 0.235. The summed E-state index contributed by atoms with van der Waals surface area (Å²) in [6.45, 7) is 2.42. The first-order chi connectivity index (χ1) is 9.20. The van der Waals surface area contributed by atoms with E-state index in [-0.39, 0.29) is 16.8 Å². The molecule has 98 valence electrons. The normalized spacial score (nSPS) is 10.2. The Kier molecular flexibility index (Phi) is 4.41. The maximum Gasteiger partial charge on any atom is 0.272 e. The van der Waals surface area contributed by atoms with Crippen molar-refractivity contribution >= 4 is 17.5 Å². The number of nitrogens with one attached hydrogen (secondary N) is 1. The monoisotopic (exact) mass is 276 g/mol. The molecule has 0 spiro atoms. The zero-order valence-corrected chi connectivity index (χ0v) is 11.2. The fraction of sp³-hybridized carbons (Fsp3) is 0.231. The summed E-state index contributed by atoms with van der Waals surface area (Å²) in [5.41, 5.74) is 2.21. The van der Waals surface area contributed by atoms with E-state index in [0.29, 0.717) is 6.54 Å². The fourth-order valence-corrected chi connectivity index (χ4v) is 1.74. The Hall–Kier alpha value is -2.01. The number of rotatable bonds is 4. The van der Waals surface area contributed by atoms with Crippen molar-refractivity contribution in [2.45, 2.75) is 19.9 Å². The molecule has 0 aliphatic heterocycles. The summed E-state index contributed by atoms with van der Waals surface area (Å²) in [6, 6.07) is 6.94. The number of carbonyl (C=O) groups is 1. The van der Waals surface area contributed by atoms with Gasteiger partial charge in [-0.25, -0.2) is 0 Å². The van der Waals surface area contributed by atoms with Gasteiger partial charge >= 0.3 is 0 Å². The highest BCUT2D eigenvalue weighted by Crippen LogP contribution is 2.06. The molecule has 0 saturated heterocycles. The van der Waals surface area contributed by atoms with Gasteiger partial charge < -0.3 is 5.32 Å². The van der Waals surface area contributed by atoms with Crippen molar-refractivity contribution in [3.8, 4) is 0 Å². The van der Waals surface area contributed by atoms with Crippen molar-refractivity contribution in [3.05, 3.63) is 52.6 Å². The summed E-state index contributed by atoms with van der Waals surface area (Å²) in [7, 11) is 0. The molecule has 0 aromatic carbocycles. The number of amides is 1. The standard InChI is InChI=1S/C13H13ClN4O/c1-2-9-4-3-7-15-11(9)8-16-13(19)10-5-6-12(14)18-17-10/h3-7H,2,8H2,1H3,(H,16,19). The number of halogens is 1. The van der Waals surface area contributed by atoms with Crippen molar-refractivity contribution < 1.29 is 4.79 Å². The number of aromatic nitrogens is 3. The van der Waals surface area contributed by atoms with Gasteiger partial charge in [-0.05, 0) is 30.2 Å². The third-order valence-electron chi connectivity index (χ3n) is 2.65. The van der Waals surface area contributed by atoms with E-state index in [2.05, 4.69) is 20.5 Å². The minimum Gasteiger partial charge on any atom is -0.345 e. The molecule has 0 fully saturated rings. The summed E-state index contributed by atoms with van der Waals surface area (Å²) in [5.74, 6) is -0.295. The Morgan fingerprint density at radius 3 is 2.84 bits per heavy atom. The molecule has 19 heavy (non-hydrogen) atoms. The van der Waals surface area contributed by atoms with Gasteiger partial charge in [0.1, 0.15) is 0 Å². The summed E-state index contributed by atoms with van der Waals surface area (Å²) >= 11 is 5.61. The molecular weight excluding hydrogens is 264 g/mol. The maximum absolute atomic E-state index is 11.8. The predicted molar refractivity (Wildman–Crippen MR) is 71.8 cm³/mol. The second kappa shape index (κ2) is 6.24. The highest BCUT2D eigenvalue weighted by molar-refractivity contribution is 6.29. The van der Waals surface area contributed by atoms with Crippen molar-refractivity contribution in [2.75, 3.05) is 0 Å². The molecule has 2 aromatic heterocycles. The lowest BCUT2D eigenvalue weighted by Crippen LogP contribution is -2.25. The van der Waals surface area contributed by atoms with Gasteiger partial charge in [0.05, 0.1) is 12.2 Å². The summed E-state index contributed by atoms with van der Waals surface area (Å²) in [4.78, 5) is 16.1. The Morgan fingerprint density at radius 2 is 2.16 bits per heavy atom. The van der Waals surface area contributed by atoms with E-state index in [1.807, 2.05) is 19.1 Å². The minimum atomic E-state index is -0.295. The van der Waals surface area contributed by atoms with E-state index in [4.69, 9.17) is 11.6 Å². The van der Waals surface area contributed by atoms with Crippen LogP contribution in [-0.2, 0) is 13.0 Å². The number of nitrogens with zero attached hydrogens (tertiary/aromatic N) is 3. The van der Waals surface area contributed by atoms with E-state index in [1.54, 1.807) is 6.20 Å². The zero-order valence-electron chi connectivity index (χ0n) is 10.4. The van der Waals surface area contributed by atoms with Gasteiger partial charge in [0.25, 0.3) is 5.91 Å². The molecule has 2 aromatic rings. The molecule has 0 atom stereocenters. The smallest absolute Gasteiger partial charge is 0.272 e. The predicted octanol–water partition coefficient (Wildman–Crippen LogP) is 2.02. The summed E-state index contributed by atoms with van der Waals surface area (Å²) in [5, 5.41) is 10.4. The van der Waals surface area contributed by atoms with Crippen molar-refractivity contribution in [1.82, 2.24) is 20.5 Å². The quantitative estimate of drug-likeness (QED) is 0.928. The van der Waals surface area contributed by atoms with E-state index >= 15 is 0 Å². The molecule has 0 saturated carbocycles. The number of hydrogen-bond donors (Lipinski definition) is 1. The van der Waals surface area contributed by atoms with Crippen LogP contribution in [-0.4, -0.2) is 21.1 Å². The van der Waals surface area contributed by atoms with Crippen LogP contribution >= 0.6 is 11.6 Å². The molecule has 6 heteroatoms. The van der Waals surface area contributed by atoms with E-state index in [1.165, 1.54) is 12.1 Å². The molecule has 1 amide bonds. The number of pyridine rings is 1. The average molecular weight is 277 g/mol. The summed E-state index contributed by atoms with van der Waals surface area (Å²) in [6.07, 6.45) is 2.59. The topological polar surface area (TPSA) is 67.8 Å². The molecule has 0 aliphatic rings. The molecule has 0 radical (unpaired) electrons. The first-order valence-corrected chi connectivity index (χ1v) is 6.28. The number of aryl methyl sites for hydroxylation is 1. The zero-order chi connectivity index (χ0) is 13.7. The van der Waals surface area contributed by atoms with Crippen LogP contribution in [0.1, 0.15) is 28.7 Å². The average Bonchev–Trinajstić information content (AvgIpc) is 2.45. The van der Waals surface area contributed by atoms with Gasteiger partial charge in [-0.15, -0.1) is 10.2 Å². The third-order valence-corrected chi connectivity index (χ3v) is 2.85. The van der Waals surface area contributed by atoms with Crippen LogP contribution in [0.25, 0.3) is 0 Å². The van der Waals surface area contributed by atoms with Crippen LogP contribution in [0.3, 0.4) is 0 Å². The SMILES string of the molecule is CCc1cccnc1CNC(=O)c1ccc(Cl)nn1. The van der Waals surface area contributed by atoms with Crippen LogP contribution in [0, 0.1) is 0 Å². The maximum atomic E-state index is 11.8. The van der Waals surface area contributed by atoms with Gasteiger partial charge in [0, 0.05) is 6.20 Å². The first-order valence-electron chi connectivity index (χ1n) is 5.91. The molecule has 0 aliphatic carbocycles. The second-order valence-electron chi connectivity index (χ2n) is 3.89. The second-order valence-corrected chi connectivity index (χ2v) is 4.27. The lowest BCUT2D eigenvalue weighted by Gasteiger charge is -2.07. The molecule has 0 bridgehead atoms. The van der Waals surface area contributed by atoms with Gasteiger partial charge in [0.15, 0.2) is 10.8 Å². The van der Waals surface area contributed by atoms with E-state index in [0.717, 1.165) is 17.7 Å². The molecule has 2 heterocycles. The van der Waals surface area contributed by atoms with Gasteiger partial charge in [-0.1, -0.05) is 24.6 Å². The highest BCUT2D eigenvalue weighted by Gasteiger charge is 2.09. The Balaban J connectivity index is 2.02. The van der Waals surface area contributed by atoms with Crippen molar-refractivity contribution in [1.29, 1.82) is 0 Å². The van der Waals surface area contributed by atoms with Crippen LogP contribution in [0.4, 0.5) is 0 Å².